The molecule has 1 aliphatic rings. The number of nitrogens with zero attached hydrogens (tertiary/aromatic N) is 2. The van der Waals surface area contributed by atoms with E-state index >= 15 is 0 Å². The fourth-order valence-electron chi connectivity index (χ4n) is 3.53. The van der Waals surface area contributed by atoms with E-state index in [0.29, 0.717) is 34.0 Å². The number of anilines is 2. The first-order chi connectivity index (χ1) is 12.9. The maximum atomic E-state index is 12.3. The van der Waals surface area contributed by atoms with Crippen molar-refractivity contribution < 1.29 is 8.42 Å². The smallest absolute Gasteiger partial charge is 0.179 e. The molecule has 0 amide bonds. The SMILES string of the molecule is CC(C)c1ccc(Nc2c(C#N)cnc3ccc4c(c23)CCS4(=O)=O)cc1. The Morgan fingerprint density at radius 2 is 1.89 bits per heavy atom. The molecule has 4 rings (SSSR count). The van der Waals surface area contributed by atoms with Crippen LogP contribution in [0.25, 0.3) is 10.9 Å². The topological polar surface area (TPSA) is 82.8 Å². The van der Waals surface area contributed by atoms with Crippen molar-refractivity contribution in [3.63, 3.8) is 0 Å². The van der Waals surface area contributed by atoms with Crippen LogP contribution in [0.4, 0.5) is 11.4 Å². The number of aryl methyl sites for hydroxylation is 1. The van der Waals surface area contributed by atoms with Gasteiger partial charge in [0.05, 0.1) is 27.4 Å². The van der Waals surface area contributed by atoms with Gasteiger partial charge >= 0.3 is 0 Å². The molecule has 0 fully saturated rings. The predicted octanol–water partition coefficient (Wildman–Crippen LogP) is 4.30. The molecule has 0 unspecified atom stereocenters. The molecule has 1 aromatic heterocycles. The molecule has 0 atom stereocenters. The van der Waals surface area contributed by atoms with Gasteiger partial charge in [0, 0.05) is 17.3 Å². The summed E-state index contributed by atoms with van der Waals surface area (Å²) in [5.41, 5.74) is 4.53. The van der Waals surface area contributed by atoms with Crippen LogP contribution in [-0.4, -0.2) is 19.2 Å². The van der Waals surface area contributed by atoms with Crippen molar-refractivity contribution in [2.45, 2.75) is 31.1 Å². The third kappa shape index (κ3) is 2.94. The molecule has 2 aromatic carbocycles. The molecule has 5 nitrogen and oxygen atoms in total. The van der Waals surface area contributed by atoms with Crippen LogP contribution in [0.15, 0.2) is 47.5 Å². The molecule has 0 spiro atoms. The van der Waals surface area contributed by atoms with Gasteiger partial charge in [-0.2, -0.15) is 5.26 Å². The third-order valence-corrected chi connectivity index (χ3v) is 6.82. The minimum atomic E-state index is -3.26. The summed E-state index contributed by atoms with van der Waals surface area (Å²) in [5.74, 6) is 0.532. The van der Waals surface area contributed by atoms with Crippen LogP contribution in [0.3, 0.4) is 0 Å². The molecule has 0 saturated heterocycles. The minimum Gasteiger partial charge on any atom is -0.354 e. The van der Waals surface area contributed by atoms with E-state index in [1.165, 1.54) is 11.8 Å². The van der Waals surface area contributed by atoms with Crippen LogP contribution in [0.1, 0.15) is 36.5 Å². The number of pyridine rings is 1. The second-order valence-corrected chi connectivity index (χ2v) is 9.14. The fraction of sp³-hybridized carbons (Fsp3) is 0.238. The van der Waals surface area contributed by atoms with E-state index < -0.39 is 9.84 Å². The first-order valence-corrected chi connectivity index (χ1v) is 10.5. The van der Waals surface area contributed by atoms with E-state index in [1.807, 2.05) is 12.1 Å². The number of nitriles is 1. The Hall–Kier alpha value is -2.91. The summed E-state index contributed by atoms with van der Waals surface area (Å²) >= 11 is 0. The number of sulfone groups is 1. The van der Waals surface area contributed by atoms with Crippen molar-refractivity contribution in [3.8, 4) is 6.07 Å². The summed E-state index contributed by atoms with van der Waals surface area (Å²) in [6.45, 7) is 4.27. The number of nitrogens with one attached hydrogen (secondary N) is 1. The van der Waals surface area contributed by atoms with Crippen LogP contribution < -0.4 is 5.32 Å². The first kappa shape index (κ1) is 17.5. The summed E-state index contributed by atoms with van der Waals surface area (Å²) in [5, 5.41) is 13.6. The van der Waals surface area contributed by atoms with Gasteiger partial charge in [-0.15, -0.1) is 0 Å². The van der Waals surface area contributed by atoms with Gasteiger partial charge in [0.2, 0.25) is 0 Å². The zero-order valence-corrected chi connectivity index (χ0v) is 16.0. The Morgan fingerprint density at radius 3 is 2.56 bits per heavy atom. The van der Waals surface area contributed by atoms with E-state index in [4.69, 9.17) is 0 Å². The Labute approximate surface area is 158 Å². The quantitative estimate of drug-likeness (QED) is 0.736. The molecule has 0 saturated carbocycles. The van der Waals surface area contributed by atoms with Crippen molar-refractivity contribution >= 4 is 32.1 Å². The van der Waals surface area contributed by atoms with E-state index in [2.05, 4.69) is 42.4 Å². The summed E-state index contributed by atoms with van der Waals surface area (Å²) in [6.07, 6.45) is 1.97. The number of hydrogen-bond donors (Lipinski definition) is 1. The molecule has 136 valence electrons. The third-order valence-electron chi connectivity index (χ3n) is 5.02. The average molecular weight is 377 g/mol. The number of benzene rings is 2. The van der Waals surface area contributed by atoms with Gasteiger partial charge in [-0.05, 0) is 47.7 Å². The minimum absolute atomic E-state index is 0.0980. The second-order valence-electron chi connectivity index (χ2n) is 7.07. The molecular formula is C21H19N3O2S. The normalized spacial score (nSPS) is 14.9. The Balaban J connectivity index is 1.91. The molecule has 3 aromatic rings. The Kier molecular flexibility index (Phi) is 4.12. The van der Waals surface area contributed by atoms with Crippen molar-refractivity contribution in [2.75, 3.05) is 11.1 Å². The zero-order chi connectivity index (χ0) is 19.2. The van der Waals surface area contributed by atoms with Gasteiger partial charge in [-0.3, -0.25) is 4.98 Å². The highest BCUT2D eigenvalue weighted by Gasteiger charge is 2.29. The predicted molar refractivity (Wildman–Crippen MR) is 106 cm³/mol. The van der Waals surface area contributed by atoms with Crippen molar-refractivity contribution in [1.82, 2.24) is 4.98 Å². The summed E-state index contributed by atoms with van der Waals surface area (Å²) in [4.78, 5) is 4.71. The summed E-state index contributed by atoms with van der Waals surface area (Å²) in [6, 6.07) is 13.6. The lowest BCUT2D eigenvalue weighted by atomic mass is 10.0. The standard InChI is InChI=1S/C21H19N3O2S/c1-13(2)14-3-5-16(6-4-14)24-21-15(11-22)12-23-18-7-8-19-17(20(18)21)9-10-27(19,25)26/h3-8,12-13H,9-10H2,1-2H3,(H,23,24). The number of aromatic nitrogens is 1. The second kappa shape index (κ2) is 6.36. The zero-order valence-electron chi connectivity index (χ0n) is 15.2. The fourth-order valence-corrected chi connectivity index (χ4v) is 5.08. The van der Waals surface area contributed by atoms with Gasteiger partial charge in [0.1, 0.15) is 6.07 Å². The summed E-state index contributed by atoms with van der Waals surface area (Å²) in [7, 11) is -3.26. The monoisotopic (exact) mass is 377 g/mol. The molecule has 1 N–H and O–H groups in total. The van der Waals surface area contributed by atoms with Gasteiger partial charge in [-0.1, -0.05) is 26.0 Å². The van der Waals surface area contributed by atoms with Crippen LogP contribution in [-0.2, 0) is 16.3 Å². The maximum Gasteiger partial charge on any atom is 0.179 e. The summed E-state index contributed by atoms with van der Waals surface area (Å²) < 4.78 is 24.6. The van der Waals surface area contributed by atoms with Gasteiger partial charge < -0.3 is 5.32 Å². The Bertz CT molecular complexity index is 1190. The van der Waals surface area contributed by atoms with Crippen molar-refractivity contribution in [3.05, 3.63) is 59.3 Å². The largest absolute Gasteiger partial charge is 0.354 e. The highest BCUT2D eigenvalue weighted by atomic mass is 32.2. The first-order valence-electron chi connectivity index (χ1n) is 8.85. The van der Waals surface area contributed by atoms with E-state index in [9.17, 15) is 13.7 Å². The molecule has 0 aliphatic carbocycles. The van der Waals surface area contributed by atoms with Gasteiger partial charge in [0.25, 0.3) is 0 Å². The van der Waals surface area contributed by atoms with E-state index in [-0.39, 0.29) is 5.75 Å². The maximum absolute atomic E-state index is 12.3. The Morgan fingerprint density at radius 1 is 1.15 bits per heavy atom. The van der Waals surface area contributed by atoms with Gasteiger partial charge in [0.15, 0.2) is 9.84 Å². The lowest BCUT2D eigenvalue weighted by Gasteiger charge is -2.15. The highest BCUT2D eigenvalue weighted by Crippen LogP contribution is 2.38. The molecule has 2 heterocycles. The number of rotatable bonds is 3. The van der Waals surface area contributed by atoms with Crippen molar-refractivity contribution in [2.24, 2.45) is 0 Å². The molecule has 1 aliphatic heterocycles. The lowest BCUT2D eigenvalue weighted by molar-refractivity contribution is 0.600. The van der Waals surface area contributed by atoms with Crippen LogP contribution >= 0.6 is 0 Å². The average Bonchev–Trinajstić information content (AvgIpc) is 2.97. The molecule has 0 bridgehead atoms. The number of hydrogen-bond acceptors (Lipinski definition) is 5. The van der Waals surface area contributed by atoms with Crippen LogP contribution in [0, 0.1) is 11.3 Å². The molecule has 27 heavy (non-hydrogen) atoms. The molecule has 0 radical (unpaired) electrons. The van der Waals surface area contributed by atoms with Gasteiger partial charge in [-0.25, -0.2) is 8.42 Å². The lowest BCUT2D eigenvalue weighted by Crippen LogP contribution is -2.00. The van der Waals surface area contributed by atoms with Crippen molar-refractivity contribution in [1.29, 1.82) is 5.26 Å². The van der Waals surface area contributed by atoms with E-state index in [1.54, 1.807) is 12.1 Å². The highest BCUT2D eigenvalue weighted by molar-refractivity contribution is 7.91. The van der Waals surface area contributed by atoms with E-state index in [0.717, 1.165) is 16.6 Å². The molecule has 6 heteroatoms. The van der Waals surface area contributed by atoms with Crippen LogP contribution in [0.5, 0.6) is 0 Å². The van der Waals surface area contributed by atoms with Crippen LogP contribution in [0.2, 0.25) is 0 Å². The number of fused-ring (bicyclic) bond motifs is 3. The molecular weight excluding hydrogens is 358 g/mol.